The lowest BCUT2D eigenvalue weighted by Crippen LogP contribution is -2.59. The minimum Gasteiger partial charge on any atom is -0.339 e. The highest BCUT2D eigenvalue weighted by Crippen LogP contribution is 2.35. The number of piperidine rings is 3. The minimum absolute atomic E-state index is 0.415. The van der Waals surface area contributed by atoms with Crippen LogP contribution in [0.5, 0.6) is 0 Å². The summed E-state index contributed by atoms with van der Waals surface area (Å²) >= 11 is 0. The van der Waals surface area contributed by atoms with Crippen LogP contribution >= 0.6 is 0 Å². The van der Waals surface area contributed by atoms with Gasteiger partial charge in [0.2, 0.25) is 5.91 Å². The van der Waals surface area contributed by atoms with E-state index in [2.05, 4.69) is 10.2 Å². The summed E-state index contributed by atoms with van der Waals surface area (Å²) in [4.78, 5) is 13.9. The number of nitrogens with zero attached hydrogens (tertiary/aromatic N) is 1. The molecule has 0 aromatic rings. The Balaban J connectivity index is 1.83. The molecule has 0 saturated carbocycles. The molecule has 0 radical (unpaired) electrons. The van der Waals surface area contributed by atoms with Crippen LogP contribution in [0.1, 0.15) is 25.7 Å². The molecule has 3 aliphatic heterocycles. The van der Waals surface area contributed by atoms with Crippen molar-refractivity contribution in [3.8, 4) is 0 Å². The van der Waals surface area contributed by atoms with E-state index in [0.717, 1.165) is 44.3 Å². The Bertz CT molecular complexity index is 254. The molecule has 3 unspecified atom stereocenters. The number of hydrogen-bond acceptors (Lipinski definition) is 2. The number of carbonyl (C=O) groups is 1. The van der Waals surface area contributed by atoms with Gasteiger partial charge in [-0.3, -0.25) is 4.79 Å². The smallest absolute Gasteiger partial charge is 0.222 e. The standard InChI is InChI=1S/C11H18N2O/c14-11-3-1-2-10-9-4-8(5-12-6-9)7-13(10)11/h8-10,12H,1-7H2. The molecule has 3 saturated heterocycles. The van der Waals surface area contributed by atoms with Crippen molar-refractivity contribution < 1.29 is 4.79 Å². The first kappa shape index (κ1) is 8.72. The van der Waals surface area contributed by atoms with Gasteiger partial charge in [-0.15, -0.1) is 0 Å². The topological polar surface area (TPSA) is 32.3 Å². The molecule has 0 aromatic heterocycles. The fourth-order valence-corrected chi connectivity index (χ4v) is 3.45. The summed E-state index contributed by atoms with van der Waals surface area (Å²) in [7, 11) is 0. The Morgan fingerprint density at radius 3 is 3.21 bits per heavy atom. The zero-order chi connectivity index (χ0) is 9.54. The molecular weight excluding hydrogens is 176 g/mol. The lowest BCUT2D eigenvalue weighted by atomic mass is 9.77. The van der Waals surface area contributed by atoms with E-state index >= 15 is 0 Å². The zero-order valence-corrected chi connectivity index (χ0v) is 8.54. The number of fused-ring (bicyclic) bond motifs is 4. The van der Waals surface area contributed by atoms with E-state index < -0.39 is 0 Å². The Hall–Kier alpha value is -0.570. The monoisotopic (exact) mass is 194 g/mol. The molecule has 0 aliphatic carbocycles. The summed E-state index contributed by atoms with van der Waals surface area (Å²) in [6.45, 7) is 3.27. The summed E-state index contributed by atoms with van der Waals surface area (Å²) in [5.41, 5.74) is 0. The van der Waals surface area contributed by atoms with Crippen molar-refractivity contribution in [2.24, 2.45) is 11.8 Å². The molecule has 3 nitrogen and oxygen atoms in total. The number of nitrogens with one attached hydrogen (secondary N) is 1. The van der Waals surface area contributed by atoms with Gasteiger partial charge in [0.1, 0.15) is 0 Å². The second-order valence-corrected chi connectivity index (χ2v) is 5.03. The molecule has 1 N–H and O–H groups in total. The Kier molecular flexibility index (Phi) is 2.01. The van der Waals surface area contributed by atoms with E-state index in [1.807, 2.05) is 0 Å². The van der Waals surface area contributed by atoms with Gasteiger partial charge in [0.25, 0.3) is 0 Å². The van der Waals surface area contributed by atoms with Crippen molar-refractivity contribution in [3.63, 3.8) is 0 Å². The Morgan fingerprint density at radius 2 is 2.29 bits per heavy atom. The van der Waals surface area contributed by atoms with Gasteiger partial charge >= 0.3 is 0 Å². The lowest BCUT2D eigenvalue weighted by molar-refractivity contribution is -0.142. The van der Waals surface area contributed by atoms with Gasteiger partial charge in [-0.1, -0.05) is 0 Å². The van der Waals surface area contributed by atoms with E-state index in [0.29, 0.717) is 11.9 Å². The molecular formula is C11H18N2O. The molecule has 2 bridgehead atoms. The van der Waals surface area contributed by atoms with Crippen molar-refractivity contribution in [2.45, 2.75) is 31.7 Å². The molecule has 14 heavy (non-hydrogen) atoms. The van der Waals surface area contributed by atoms with Gasteiger partial charge in [-0.2, -0.15) is 0 Å². The first-order valence-electron chi connectivity index (χ1n) is 5.85. The molecule has 1 amide bonds. The zero-order valence-electron chi connectivity index (χ0n) is 8.54. The first-order chi connectivity index (χ1) is 6.84. The average Bonchev–Trinajstić information content (AvgIpc) is 2.20. The molecule has 3 heterocycles. The summed E-state index contributed by atoms with van der Waals surface area (Å²) in [6, 6.07) is 0.570. The minimum atomic E-state index is 0.415. The van der Waals surface area contributed by atoms with Crippen LogP contribution in [0, 0.1) is 11.8 Å². The second-order valence-electron chi connectivity index (χ2n) is 5.03. The van der Waals surface area contributed by atoms with Crippen molar-refractivity contribution in [2.75, 3.05) is 19.6 Å². The summed E-state index contributed by atoms with van der Waals surface area (Å²) in [5.74, 6) is 1.89. The average molecular weight is 194 g/mol. The van der Waals surface area contributed by atoms with E-state index in [4.69, 9.17) is 0 Å². The van der Waals surface area contributed by atoms with E-state index in [-0.39, 0.29) is 0 Å². The van der Waals surface area contributed by atoms with Crippen LogP contribution in [-0.4, -0.2) is 36.5 Å². The molecule has 3 rings (SSSR count). The third kappa shape index (κ3) is 1.26. The second kappa shape index (κ2) is 3.23. The number of rotatable bonds is 0. The number of carbonyl (C=O) groups excluding carboxylic acids is 1. The fraction of sp³-hybridized carbons (Fsp3) is 0.909. The third-order valence-electron chi connectivity index (χ3n) is 4.09. The maximum atomic E-state index is 11.8. The molecule has 0 aromatic carbocycles. The van der Waals surface area contributed by atoms with Gasteiger partial charge in [-0.05, 0) is 44.2 Å². The van der Waals surface area contributed by atoms with E-state index in [1.54, 1.807) is 0 Å². The highest BCUT2D eigenvalue weighted by molar-refractivity contribution is 5.77. The summed E-state index contributed by atoms with van der Waals surface area (Å²) < 4.78 is 0. The largest absolute Gasteiger partial charge is 0.339 e. The number of hydrogen-bond donors (Lipinski definition) is 1. The number of amides is 1. The van der Waals surface area contributed by atoms with Crippen LogP contribution in [0.25, 0.3) is 0 Å². The van der Waals surface area contributed by atoms with Crippen LogP contribution in [0.3, 0.4) is 0 Å². The van der Waals surface area contributed by atoms with Crippen molar-refractivity contribution in [3.05, 3.63) is 0 Å². The van der Waals surface area contributed by atoms with Crippen LogP contribution in [0.4, 0.5) is 0 Å². The predicted octanol–water partition coefficient (Wildman–Crippen LogP) is 0.607. The highest BCUT2D eigenvalue weighted by atomic mass is 16.2. The molecule has 3 fully saturated rings. The molecule has 3 aliphatic rings. The van der Waals surface area contributed by atoms with Gasteiger partial charge < -0.3 is 10.2 Å². The SMILES string of the molecule is O=C1CCCC2C3CNCC(C3)CN12. The quantitative estimate of drug-likeness (QED) is 0.612. The maximum absolute atomic E-state index is 11.8. The highest BCUT2D eigenvalue weighted by Gasteiger charge is 2.41. The Labute approximate surface area is 84.8 Å². The van der Waals surface area contributed by atoms with E-state index in [9.17, 15) is 4.79 Å². The lowest BCUT2D eigenvalue weighted by Gasteiger charge is -2.49. The Morgan fingerprint density at radius 1 is 1.36 bits per heavy atom. The van der Waals surface area contributed by atoms with Crippen LogP contribution in [-0.2, 0) is 4.79 Å². The van der Waals surface area contributed by atoms with Crippen LogP contribution < -0.4 is 5.32 Å². The van der Waals surface area contributed by atoms with Gasteiger partial charge in [0.15, 0.2) is 0 Å². The molecule has 3 atom stereocenters. The van der Waals surface area contributed by atoms with Gasteiger partial charge in [0, 0.05) is 19.0 Å². The van der Waals surface area contributed by atoms with Crippen molar-refractivity contribution >= 4 is 5.91 Å². The first-order valence-corrected chi connectivity index (χ1v) is 5.85. The predicted molar refractivity (Wildman–Crippen MR) is 53.8 cm³/mol. The maximum Gasteiger partial charge on any atom is 0.222 e. The third-order valence-corrected chi connectivity index (χ3v) is 4.09. The normalized spacial score (nSPS) is 42.1. The van der Waals surface area contributed by atoms with Crippen molar-refractivity contribution in [1.29, 1.82) is 0 Å². The molecule has 0 spiro atoms. The van der Waals surface area contributed by atoms with Crippen LogP contribution in [0.2, 0.25) is 0 Å². The van der Waals surface area contributed by atoms with E-state index in [1.165, 1.54) is 12.8 Å². The summed E-state index contributed by atoms with van der Waals surface area (Å²) in [5, 5.41) is 3.50. The van der Waals surface area contributed by atoms with Crippen molar-refractivity contribution in [1.82, 2.24) is 10.2 Å². The van der Waals surface area contributed by atoms with Crippen LogP contribution in [0.15, 0.2) is 0 Å². The van der Waals surface area contributed by atoms with Gasteiger partial charge in [0.05, 0.1) is 0 Å². The molecule has 3 heteroatoms. The molecule has 78 valence electrons. The fourth-order valence-electron chi connectivity index (χ4n) is 3.45. The van der Waals surface area contributed by atoms with Gasteiger partial charge in [-0.25, -0.2) is 0 Å². The summed E-state index contributed by atoms with van der Waals surface area (Å²) in [6.07, 6.45) is 4.50.